The number of carbonyl (C=O) groups is 2. The number of hydrogen-bond acceptors (Lipinski definition) is 2. The van der Waals surface area contributed by atoms with Crippen LogP contribution >= 0.6 is 0 Å². The maximum absolute atomic E-state index is 12.8. The smallest absolute Gasteiger partial charge is 0.407 e. The van der Waals surface area contributed by atoms with Crippen molar-refractivity contribution in [2.24, 2.45) is 5.92 Å². The van der Waals surface area contributed by atoms with Gasteiger partial charge in [0.1, 0.15) is 0 Å². The van der Waals surface area contributed by atoms with Crippen LogP contribution in [0.5, 0.6) is 0 Å². The summed E-state index contributed by atoms with van der Waals surface area (Å²) >= 11 is 0. The third-order valence-electron chi connectivity index (χ3n) is 4.75. The van der Waals surface area contributed by atoms with Crippen LogP contribution in [0.2, 0.25) is 0 Å². The number of amides is 2. The Kier molecular flexibility index (Phi) is 6.23. The molecule has 1 heterocycles. The molecule has 1 saturated heterocycles. The van der Waals surface area contributed by atoms with E-state index >= 15 is 0 Å². The molecule has 0 bridgehead atoms. The maximum Gasteiger partial charge on any atom is 0.407 e. The van der Waals surface area contributed by atoms with E-state index in [0.29, 0.717) is 32.1 Å². The van der Waals surface area contributed by atoms with Gasteiger partial charge >= 0.3 is 6.09 Å². The molecule has 5 nitrogen and oxygen atoms in total. The van der Waals surface area contributed by atoms with Gasteiger partial charge in [-0.2, -0.15) is 0 Å². The van der Waals surface area contributed by atoms with Crippen LogP contribution in [-0.4, -0.2) is 46.5 Å². The molecule has 2 rings (SSSR count). The van der Waals surface area contributed by atoms with Gasteiger partial charge in [0, 0.05) is 26.2 Å². The summed E-state index contributed by atoms with van der Waals surface area (Å²) in [6, 6.07) is 8.39. The summed E-state index contributed by atoms with van der Waals surface area (Å²) < 4.78 is 0. The molecule has 24 heavy (non-hydrogen) atoms. The lowest BCUT2D eigenvalue weighted by Gasteiger charge is -2.33. The minimum absolute atomic E-state index is 0.0661. The van der Waals surface area contributed by atoms with Crippen LogP contribution < -0.4 is 0 Å². The highest BCUT2D eigenvalue weighted by molar-refractivity contribution is 5.80. The molecule has 1 fully saturated rings. The molecular formula is C19H28N2O3. The molecule has 0 aliphatic carbocycles. The van der Waals surface area contributed by atoms with Crippen LogP contribution in [0, 0.1) is 5.92 Å². The Morgan fingerprint density at radius 2 is 1.96 bits per heavy atom. The maximum atomic E-state index is 12.8. The highest BCUT2D eigenvalue weighted by atomic mass is 16.4. The molecule has 1 aliphatic rings. The average molecular weight is 332 g/mol. The van der Waals surface area contributed by atoms with Crippen molar-refractivity contribution in [3.05, 3.63) is 35.4 Å². The highest BCUT2D eigenvalue weighted by Crippen LogP contribution is 2.21. The summed E-state index contributed by atoms with van der Waals surface area (Å²) in [5.74, 6) is 0.341. The number of rotatable bonds is 5. The van der Waals surface area contributed by atoms with Crippen LogP contribution in [0.3, 0.4) is 0 Å². The van der Waals surface area contributed by atoms with Crippen LogP contribution in [-0.2, 0) is 11.3 Å². The zero-order chi connectivity index (χ0) is 17.7. The summed E-state index contributed by atoms with van der Waals surface area (Å²) in [5.41, 5.74) is 2.40. The van der Waals surface area contributed by atoms with Crippen LogP contribution in [0.15, 0.2) is 24.3 Å². The summed E-state index contributed by atoms with van der Waals surface area (Å²) in [7, 11) is 0. The first-order valence-corrected chi connectivity index (χ1v) is 8.77. The molecule has 1 aliphatic heterocycles. The fourth-order valence-electron chi connectivity index (χ4n) is 3.18. The zero-order valence-corrected chi connectivity index (χ0v) is 14.9. The van der Waals surface area contributed by atoms with E-state index in [0.717, 1.165) is 18.4 Å². The molecule has 0 saturated carbocycles. The minimum atomic E-state index is -0.931. The molecular weight excluding hydrogens is 304 g/mol. The first-order valence-electron chi connectivity index (χ1n) is 8.77. The quantitative estimate of drug-likeness (QED) is 0.897. The molecule has 0 spiro atoms. The van der Waals surface area contributed by atoms with E-state index in [1.165, 1.54) is 10.5 Å². The van der Waals surface area contributed by atoms with Crippen LogP contribution in [0.1, 0.15) is 50.7 Å². The minimum Gasteiger partial charge on any atom is -0.465 e. The van der Waals surface area contributed by atoms with Gasteiger partial charge < -0.3 is 14.9 Å². The number of benzene rings is 1. The topological polar surface area (TPSA) is 60.9 Å². The standard InChI is InChI=1S/C19H28N2O3/c1-4-20(12-15-7-9-16(10-8-15)14(2)3)18(22)17-6-5-11-21(13-17)19(23)24/h7-10,14,17H,4-6,11-13H2,1-3H3,(H,23,24). The van der Waals surface area contributed by atoms with E-state index < -0.39 is 6.09 Å². The van der Waals surface area contributed by atoms with Gasteiger partial charge in [0.15, 0.2) is 0 Å². The second kappa shape index (κ2) is 8.18. The number of nitrogens with zero attached hydrogens (tertiary/aromatic N) is 2. The van der Waals surface area contributed by atoms with Crippen molar-refractivity contribution >= 4 is 12.0 Å². The molecule has 0 radical (unpaired) electrons. The van der Waals surface area contributed by atoms with E-state index in [1.54, 1.807) is 0 Å². The number of likely N-dealkylation sites (tertiary alicyclic amines) is 1. The van der Waals surface area contributed by atoms with Crippen molar-refractivity contribution in [3.63, 3.8) is 0 Å². The second-order valence-electron chi connectivity index (χ2n) is 6.82. The number of hydrogen-bond donors (Lipinski definition) is 1. The van der Waals surface area contributed by atoms with Gasteiger partial charge in [-0.1, -0.05) is 38.1 Å². The predicted molar refractivity (Wildman–Crippen MR) is 93.9 cm³/mol. The van der Waals surface area contributed by atoms with E-state index in [1.807, 2.05) is 11.8 Å². The van der Waals surface area contributed by atoms with E-state index in [4.69, 9.17) is 5.11 Å². The molecule has 1 aromatic rings. The highest BCUT2D eigenvalue weighted by Gasteiger charge is 2.30. The molecule has 0 aromatic heterocycles. The Morgan fingerprint density at radius 3 is 2.50 bits per heavy atom. The summed E-state index contributed by atoms with van der Waals surface area (Å²) in [6.07, 6.45) is 0.592. The Morgan fingerprint density at radius 1 is 1.29 bits per heavy atom. The zero-order valence-electron chi connectivity index (χ0n) is 14.9. The predicted octanol–water partition coefficient (Wildman–Crippen LogP) is 3.55. The van der Waals surface area contributed by atoms with Crippen LogP contribution in [0.25, 0.3) is 0 Å². The van der Waals surface area contributed by atoms with Gasteiger partial charge in [0.25, 0.3) is 0 Å². The Bertz CT molecular complexity index is 568. The second-order valence-corrected chi connectivity index (χ2v) is 6.82. The normalized spacial score (nSPS) is 17.8. The third kappa shape index (κ3) is 4.49. The summed E-state index contributed by atoms with van der Waals surface area (Å²) in [6.45, 7) is 8.35. The van der Waals surface area contributed by atoms with Crippen molar-refractivity contribution in [2.75, 3.05) is 19.6 Å². The van der Waals surface area contributed by atoms with Gasteiger partial charge in [-0.15, -0.1) is 0 Å². The lowest BCUT2D eigenvalue weighted by molar-refractivity contribution is -0.137. The van der Waals surface area contributed by atoms with Gasteiger partial charge in [0.05, 0.1) is 5.92 Å². The largest absolute Gasteiger partial charge is 0.465 e. The van der Waals surface area contributed by atoms with Gasteiger partial charge in [-0.25, -0.2) is 4.79 Å². The van der Waals surface area contributed by atoms with E-state index in [9.17, 15) is 9.59 Å². The molecule has 1 atom stereocenters. The fraction of sp³-hybridized carbons (Fsp3) is 0.579. The lowest BCUT2D eigenvalue weighted by atomic mass is 9.96. The molecule has 1 N–H and O–H groups in total. The summed E-state index contributed by atoms with van der Waals surface area (Å²) in [5, 5.41) is 9.14. The Hall–Kier alpha value is -2.04. The van der Waals surface area contributed by atoms with Crippen LogP contribution in [0.4, 0.5) is 4.79 Å². The van der Waals surface area contributed by atoms with Gasteiger partial charge in [0.2, 0.25) is 5.91 Å². The fourth-order valence-corrected chi connectivity index (χ4v) is 3.18. The Balaban J connectivity index is 2.01. The first kappa shape index (κ1) is 18.3. The monoisotopic (exact) mass is 332 g/mol. The number of carbonyl (C=O) groups excluding carboxylic acids is 1. The molecule has 2 amide bonds. The lowest BCUT2D eigenvalue weighted by Crippen LogP contribution is -2.46. The van der Waals surface area contributed by atoms with E-state index in [2.05, 4.69) is 38.1 Å². The molecule has 1 aromatic carbocycles. The summed E-state index contributed by atoms with van der Waals surface area (Å²) in [4.78, 5) is 27.1. The van der Waals surface area contributed by atoms with Crippen molar-refractivity contribution in [2.45, 2.75) is 46.1 Å². The van der Waals surface area contributed by atoms with Crippen molar-refractivity contribution in [1.82, 2.24) is 9.80 Å². The third-order valence-corrected chi connectivity index (χ3v) is 4.75. The SMILES string of the molecule is CCN(Cc1ccc(C(C)C)cc1)C(=O)C1CCCN(C(=O)O)C1. The average Bonchev–Trinajstić information content (AvgIpc) is 2.59. The number of piperidine rings is 1. The van der Waals surface area contributed by atoms with Crippen molar-refractivity contribution in [1.29, 1.82) is 0 Å². The van der Waals surface area contributed by atoms with Crippen molar-refractivity contribution < 1.29 is 14.7 Å². The molecule has 5 heteroatoms. The number of carboxylic acid groups (broad SMARTS) is 1. The Labute approximate surface area is 144 Å². The van der Waals surface area contributed by atoms with E-state index in [-0.39, 0.29) is 11.8 Å². The van der Waals surface area contributed by atoms with Crippen molar-refractivity contribution in [3.8, 4) is 0 Å². The molecule has 1 unspecified atom stereocenters. The van der Waals surface area contributed by atoms with Gasteiger partial charge in [-0.05, 0) is 36.8 Å². The first-order chi connectivity index (χ1) is 11.4. The molecule has 132 valence electrons. The van der Waals surface area contributed by atoms with Gasteiger partial charge in [-0.3, -0.25) is 4.79 Å².